The Labute approximate surface area is 207 Å². The average molecular weight is 493 g/mol. The number of aryl methyl sites for hydroxylation is 1. The fraction of sp³-hybridized carbons (Fsp3) is 0.750. The Morgan fingerprint density at radius 2 is 1.18 bits per heavy atom. The topological polar surface area (TPSA) is 35.5 Å². The number of carbonyl (C=O) groups excluding carboxylic acids is 1. The normalized spacial score (nSPS) is 12.1. The van der Waals surface area contributed by atoms with Gasteiger partial charge in [0.05, 0.1) is 0 Å². The first-order chi connectivity index (χ1) is 15.5. The second kappa shape index (κ2) is 15.8. The first kappa shape index (κ1) is 30.0. The van der Waals surface area contributed by atoms with Crippen LogP contribution in [0.4, 0.5) is 0 Å². The lowest BCUT2D eigenvalue weighted by Crippen LogP contribution is -2.32. The van der Waals surface area contributed by atoms with Crippen molar-refractivity contribution in [2.75, 3.05) is 0 Å². The predicted octanol–water partition coefficient (Wildman–Crippen LogP) is 9.53. The monoisotopic (exact) mass is 492 g/mol. The minimum Gasteiger partial charge on any atom is -0.544 e. The van der Waals surface area contributed by atoms with Crippen LogP contribution in [-0.2, 0) is 10.8 Å². The summed E-state index contributed by atoms with van der Waals surface area (Å²) >= 11 is 0. The van der Waals surface area contributed by atoms with Crippen LogP contribution in [0.15, 0.2) is 18.2 Å². The molecule has 190 valence electrons. The van der Waals surface area contributed by atoms with Gasteiger partial charge in [0.1, 0.15) is 11.3 Å². The molecule has 0 saturated heterocycles. The Bertz CT molecular complexity index is 675. The smallest absolute Gasteiger partial charge is 0.328 e. The van der Waals surface area contributed by atoms with Gasteiger partial charge in [0.2, 0.25) is 16.6 Å². The van der Waals surface area contributed by atoms with Crippen LogP contribution in [0.1, 0.15) is 106 Å². The summed E-state index contributed by atoms with van der Waals surface area (Å²) in [7, 11) is -3.80. The molecule has 33 heavy (non-hydrogen) atoms. The molecule has 0 radical (unpaired) electrons. The SMILES string of the molecule is CCCCCCCCCCCCCCCc1cccc(O[Si](C)(C)C)c1C(=O)O[Si](C)(C)C. The molecule has 1 rings (SSSR count). The maximum atomic E-state index is 13.1. The molecule has 0 unspecified atom stereocenters. The van der Waals surface area contributed by atoms with Crippen LogP contribution in [0, 0.1) is 0 Å². The molecule has 0 aliphatic rings. The van der Waals surface area contributed by atoms with Crippen molar-refractivity contribution in [1.29, 1.82) is 0 Å². The van der Waals surface area contributed by atoms with Crippen LogP contribution in [0.5, 0.6) is 5.75 Å². The molecule has 1 aromatic rings. The molecule has 0 heterocycles. The minimum atomic E-state index is -1.97. The first-order valence-electron chi connectivity index (χ1n) is 13.6. The summed E-state index contributed by atoms with van der Waals surface area (Å²) in [6.07, 6.45) is 18.4. The van der Waals surface area contributed by atoms with E-state index in [0.717, 1.165) is 18.4 Å². The fourth-order valence-corrected chi connectivity index (χ4v) is 5.58. The first-order valence-corrected chi connectivity index (χ1v) is 20.4. The van der Waals surface area contributed by atoms with Crippen molar-refractivity contribution in [1.82, 2.24) is 0 Å². The lowest BCUT2D eigenvalue weighted by molar-refractivity contribution is 0.0721. The molecule has 0 aliphatic heterocycles. The number of carbonyl (C=O) groups is 1. The maximum absolute atomic E-state index is 13.1. The zero-order valence-corrected chi connectivity index (χ0v) is 24.9. The van der Waals surface area contributed by atoms with Gasteiger partial charge in [0.25, 0.3) is 0 Å². The maximum Gasteiger partial charge on any atom is 0.328 e. The Hall–Kier alpha value is -1.08. The van der Waals surface area contributed by atoms with Crippen molar-refractivity contribution < 1.29 is 13.6 Å². The van der Waals surface area contributed by atoms with Crippen LogP contribution in [-0.4, -0.2) is 22.6 Å². The molecule has 0 atom stereocenters. The molecule has 0 saturated carbocycles. The van der Waals surface area contributed by atoms with Crippen LogP contribution in [0.2, 0.25) is 39.3 Å². The number of hydrogen-bond acceptors (Lipinski definition) is 3. The number of benzene rings is 1. The molecule has 0 spiro atoms. The van der Waals surface area contributed by atoms with E-state index in [0.29, 0.717) is 11.3 Å². The molecule has 0 aliphatic carbocycles. The van der Waals surface area contributed by atoms with E-state index in [-0.39, 0.29) is 5.97 Å². The van der Waals surface area contributed by atoms with Gasteiger partial charge in [-0.3, -0.25) is 0 Å². The highest BCUT2D eigenvalue weighted by atomic mass is 28.4. The van der Waals surface area contributed by atoms with Crippen LogP contribution in [0.25, 0.3) is 0 Å². The summed E-state index contributed by atoms with van der Waals surface area (Å²) in [5, 5.41) is 0. The lowest BCUT2D eigenvalue weighted by atomic mass is 9.99. The summed E-state index contributed by atoms with van der Waals surface area (Å²) in [6.45, 7) is 14.9. The van der Waals surface area contributed by atoms with E-state index in [9.17, 15) is 4.79 Å². The standard InChI is InChI=1S/C28H52O3Si2/c1-8-9-10-11-12-13-14-15-16-17-18-19-20-22-25-23-21-24-26(30-32(2,3)4)27(25)28(29)31-33(5,6)7/h21,23-24H,8-20,22H2,1-7H3. The molecular formula is C28H52O3Si2. The van der Waals surface area contributed by atoms with E-state index < -0.39 is 16.6 Å². The van der Waals surface area contributed by atoms with Crippen molar-refractivity contribution in [3.8, 4) is 5.75 Å². The number of unbranched alkanes of at least 4 members (excludes halogenated alkanes) is 12. The van der Waals surface area contributed by atoms with Gasteiger partial charge >= 0.3 is 5.97 Å². The molecule has 1 aromatic carbocycles. The third kappa shape index (κ3) is 14.7. The van der Waals surface area contributed by atoms with Gasteiger partial charge in [0, 0.05) is 0 Å². The van der Waals surface area contributed by atoms with E-state index in [1.165, 1.54) is 77.0 Å². The summed E-state index contributed by atoms with van der Waals surface area (Å²) in [4.78, 5) is 13.1. The highest BCUT2D eigenvalue weighted by Gasteiger charge is 2.27. The number of rotatable bonds is 18. The zero-order valence-electron chi connectivity index (χ0n) is 22.9. The van der Waals surface area contributed by atoms with E-state index in [1.807, 2.05) is 12.1 Å². The van der Waals surface area contributed by atoms with E-state index in [4.69, 9.17) is 8.85 Å². The van der Waals surface area contributed by atoms with Crippen molar-refractivity contribution in [3.05, 3.63) is 29.3 Å². The largest absolute Gasteiger partial charge is 0.544 e. The van der Waals surface area contributed by atoms with Gasteiger partial charge in [-0.05, 0) is 63.8 Å². The fourth-order valence-electron chi connectivity index (χ4n) is 4.09. The van der Waals surface area contributed by atoms with E-state index in [2.05, 4.69) is 52.3 Å². The van der Waals surface area contributed by atoms with Crippen LogP contribution in [0.3, 0.4) is 0 Å². The van der Waals surface area contributed by atoms with Crippen molar-refractivity contribution in [2.45, 2.75) is 136 Å². The molecule has 0 amide bonds. The Balaban J connectivity index is 2.46. The van der Waals surface area contributed by atoms with Gasteiger partial charge in [-0.2, -0.15) is 0 Å². The van der Waals surface area contributed by atoms with E-state index >= 15 is 0 Å². The highest BCUT2D eigenvalue weighted by molar-refractivity contribution is 6.71. The van der Waals surface area contributed by atoms with E-state index in [1.54, 1.807) is 0 Å². The highest BCUT2D eigenvalue weighted by Crippen LogP contribution is 2.28. The molecule has 0 bridgehead atoms. The molecule has 0 aromatic heterocycles. The van der Waals surface area contributed by atoms with Crippen molar-refractivity contribution in [2.24, 2.45) is 0 Å². The van der Waals surface area contributed by atoms with Crippen molar-refractivity contribution >= 4 is 22.6 Å². The molecule has 0 fully saturated rings. The lowest BCUT2D eigenvalue weighted by Gasteiger charge is -2.24. The Kier molecular flexibility index (Phi) is 14.3. The third-order valence-electron chi connectivity index (χ3n) is 5.68. The van der Waals surface area contributed by atoms with Gasteiger partial charge in [0.15, 0.2) is 0 Å². The summed E-state index contributed by atoms with van der Waals surface area (Å²) in [6, 6.07) is 6.04. The number of hydrogen-bond donors (Lipinski definition) is 0. The summed E-state index contributed by atoms with van der Waals surface area (Å²) < 4.78 is 12.2. The van der Waals surface area contributed by atoms with Gasteiger partial charge < -0.3 is 8.85 Å². The average Bonchev–Trinajstić information content (AvgIpc) is 2.69. The predicted molar refractivity (Wildman–Crippen MR) is 149 cm³/mol. The molecule has 0 N–H and O–H groups in total. The molecule has 3 nitrogen and oxygen atoms in total. The van der Waals surface area contributed by atoms with Gasteiger partial charge in [-0.25, -0.2) is 4.79 Å². The summed E-state index contributed by atoms with van der Waals surface area (Å²) in [5.41, 5.74) is 1.75. The third-order valence-corrected chi connectivity index (χ3v) is 7.31. The van der Waals surface area contributed by atoms with Gasteiger partial charge in [-0.1, -0.05) is 96.1 Å². The molecular weight excluding hydrogens is 440 g/mol. The second-order valence-electron chi connectivity index (χ2n) is 11.5. The van der Waals surface area contributed by atoms with Crippen LogP contribution < -0.4 is 4.43 Å². The quantitative estimate of drug-likeness (QED) is 0.151. The summed E-state index contributed by atoms with van der Waals surface area (Å²) in [5.74, 6) is 0.511. The molecule has 5 heteroatoms. The van der Waals surface area contributed by atoms with Gasteiger partial charge in [-0.15, -0.1) is 0 Å². The Morgan fingerprint density at radius 3 is 1.64 bits per heavy atom. The zero-order chi connectivity index (χ0) is 24.7. The second-order valence-corrected chi connectivity index (χ2v) is 20.4. The minimum absolute atomic E-state index is 0.201. The Morgan fingerprint density at radius 1 is 0.697 bits per heavy atom. The van der Waals surface area contributed by atoms with Crippen LogP contribution >= 0.6 is 0 Å². The van der Waals surface area contributed by atoms with Crippen molar-refractivity contribution in [3.63, 3.8) is 0 Å².